The highest BCUT2D eigenvalue weighted by Crippen LogP contribution is 2.17. The fourth-order valence-corrected chi connectivity index (χ4v) is 2.94. The number of carbonyl (C=O) groups is 1. The van der Waals surface area contributed by atoms with Crippen LogP contribution in [-0.4, -0.2) is 25.8 Å². The van der Waals surface area contributed by atoms with Gasteiger partial charge in [0, 0.05) is 6.61 Å². The maximum Gasteiger partial charge on any atom is 0.334 e. The highest BCUT2D eigenvalue weighted by molar-refractivity contribution is 5.74. The Morgan fingerprint density at radius 3 is 2.29 bits per heavy atom. The zero-order chi connectivity index (χ0) is 20.2. The van der Waals surface area contributed by atoms with E-state index in [1.54, 1.807) is 12.1 Å². The van der Waals surface area contributed by atoms with E-state index in [1.165, 1.54) is 24.8 Å². The summed E-state index contributed by atoms with van der Waals surface area (Å²) < 4.78 is 28.8. The number of unbranched alkanes of at least 4 members (excludes halogenated alkanes) is 2. The summed E-state index contributed by atoms with van der Waals surface area (Å²) >= 11 is 0. The van der Waals surface area contributed by atoms with Crippen molar-refractivity contribution in [3.8, 4) is 5.75 Å². The van der Waals surface area contributed by atoms with E-state index in [-0.39, 0.29) is 11.8 Å². The van der Waals surface area contributed by atoms with Crippen molar-refractivity contribution in [3.05, 3.63) is 65.5 Å². The molecule has 0 amide bonds. The molecule has 152 valence electrons. The molecule has 2 aromatic carbocycles. The van der Waals surface area contributed by atoms with Gasteiger partial charge in [-0.2, -0.15) is 0 Å². The normalized spacial score (nSPS) is 11.8. The second-order valence-electron chi connectivity index (χ2n) is 6.63. The summed E-state index contributed by atoms with van der Waals surface area (Å²) in [6.07, 6.45) is 4.23. The molecule has 1 unspecified atom stereocenters. The lowest BCUT2D eigenvalue weighted by Gasteiger charge is -2.14. The quantitative estimate of drug-likeness (QED) is 0.375. The van der Waals surface area contributed by atoms with Gasteiger partial charge in [-0.05, 0) is 61.6 Å². The van der Waals surface area contributed by atoms with E-state index in [4.69, 9.17) is 14.2 Å². The van der Waals surface area contributed by atoms with Crippen LogP contribution in [0.5, 0.6) is 5.75 Å². The third-order valence-electron chi connectivity index (χ3n) is 4.51. The van der Waals surface area contributed by atoms with E-state index in [9.17, 15) is 9.18 Å². The Bertz CT molecular complexity index is 698. The van der Waals surface area contributed by atoms with Crippen molar-refractivity contribution in [3.63, 3.8) is 0 Å². The topological polar surface area (TPSA) is 44.8 Å². The third kappa shape index (κ3) is 7.69. The Balaban J connectivity index is 1.66. The first-order chi connectivity index (χ1) is 13.6. The van der Waals surface area contributed by atoms with Crippen LogP contribution in [0.1, 0.15) is 43.7 Å². The van der Waals surface area contributed by atoms with E-state index in [0.717, 1.165) is 37.0 Å². The van der Waals surface area contributed by atoms with Gasteiger partial charge in [-0.3, -0.25) is 0 Å². The molecule has 0 aliphatic heterocycles. The molecular formula is C23H29FO4. The lowest BCUT2D eigenvalue weighted by molar-refractivity contribution is -0.154. The van der Waals surface area contributed by atoms with Crippen LogP contribution in [0.4, 0.5) is 4.39 Å². The van der Waals surface area contributed by atoms with E-state index in [2.05, 4.69) is 12.1 Å². The van der Waals surface area contributed by atoms with Gasteiger partial charge in [-0.25, -0.2) is 9.18 Å². The van der Waals surface area contributed by atoms with Crippen molar-refractivity contribution in [1.29, 1.82) is 0 Å². The maximum absolute atomic E-state index is 12.9. The van der Waals surface area contributed by atoms with Crippen LogP contribution in [0.25, 0.3) is 0 Å². The second kappa shape index (κ2) is 12.1. The summed E-state index contributed by atoms with van der Waals surface area (Å²) in [5, 5.41) is 0. The zero-order valence-electron chi connectivity index (χ0n) is 16.7. The minimum absolute atomic E-state index is 0.244. The number of hydrogen-bond acceptors (Lipinski definition) is 4. The highest BCUT2D eigenvalue weighted by atomic mass is 19.1. The molecule has 2 aromatic rings. The smallest absolute Gasteiger partial charge is 0.334 e. The molecule has 0 radical (unpaired) electrons. The summed E-state index contributed by atoms with van der Waals surface area (Å²) in [7, 11) is 1.39. The Hall–Kier alpha value is -2.40. The molecule has 0 N–H and O–H groups in total. The van der Waals surface area contributed by atoms with Crippen molar-refractivity contribution >= 4 is 5.97 Å². The molecule has 5 heteroatoms. The average molecular weight is 388 g/mol. The third-order valence-corrected chi connectivity index (χ3v) is 4.51. The van der Waals surface area contributed by atoms with Gasteiger partial charge >= 0.3 is 5.97 Å². The van der Waals surface area contributed by atoms with E-state index >= 15 is 0 Å². The maximum atomic E-state index is 12.9. The van der Waals surface area contributed by atoms with Crippen LogP contribution >= 0.6 is 0 Å². The largest absolute Gasteiger partial charge is 0.489 e. The summed E-state index contributed by atoms with van der Waals surface area (Å²) in [4.78, 5) is 11.6. The molecule has 0 aromatic heterocycles. The van der Waals surface area contributed by atoms with Gasteiger partial charge < -0.3 is 14.2 Å². The first-order valence-electron chi connectivity index (χ1n) is 9.78. The molecule has 0 heterocycles. The van der Waals surface area contributed by atoms with Gasteiger partial charge in [0.1, 0.15) is 18.2 Å². The fraction of sp³-hybridized carbons (Fsp3) is 0.435. The van der Waals surface area contributed by atoms with Crippen molar-refractivity contribution in [1.82, 2.24) is 0 Å². The number of aryl methyl sites for hydroxylation is 1. The van der Waals surface area contributed by atoms with Gasteiger partial charge in [0.2, 0.25) is 0 Å². The molecule has 0 fully saturated rings. The summed E-state index contributed by atoms with van der Waals surface area (Å²) in [6, 6.07) is 14.4. The molecule has 0 aliphatic carbocycles. The summed E-state index contributed by atoms with van der Waals surface area (Å²) in [5.41, 5.74) is 2.19. The average Bonchev–Trinajstić information content (AvgIpc) is 2.72. The van der Waals surface area contributed by atoms with E-state index < -0.39 is 6.10 Å². The van der Waals surface area contributed by atoms with Gasteiger partial charge in [0.15, 0.2) is 6.10 Å². The number of ether oxygens (including phenoxy) is 3. The highest BCUT2D eigenvalue weighted by Gasteiger charge is 2.18. The van der Waals surface area contributed by atoms with Crippen molar-refractivity contribution in [2.24, 2.45) is 0 Å². The summed E-state index contributed by atoms with van der Waals surface area (Å²) in [5.74, 6) is 0.260. The van der Waals surface area contributed by atoms with Crippen molar-refractivity contribution in [2.75, 3.05) is 13.7 Å². The molecule has 0 bridgehead atoms. The van der Waals surface area contributed by atoms with E-state index in [1.807, 2.05) is 19.1 Å². The van der Waals surface area contributed by atoms with Crippen LogP contribution in [0.3, 0.4) is 0 Å². The molecule has 4 nitrogen and oxygen atoms in total. The first-order valence-corrected chi connectivity index (χ1v) is 9.78. The van der Waals surface area contributed by atoms with Gasteiger partial charge in [0.25, 0.3) is 0 Å². The van der Waals surface area contributed by atoms with Crippen LogP contribution < -0.4 is 4.74 Å². The van der Waals surface area contributed by atoms with Crippen LogP contribution in [0.15, 0.2) is 48.5 Å². The van der Waals surface area contributed by atoms with Gasteiger partial charge in [-0.15, -0.1) is 0 Å². The van der Waals surface area contributed by atoms with E-state index in [0.29, 0.717) is 19.6 Å². The standard InChI is InChI=1S/C23H29FO4/c1-3-27-22(23(25)26-2)8-6-4-5-7-18-11-15-21(16-12-18)28-17-19-9-13-20(24)14-10-19/h9-16,22H,3-8,17H2,1-2H3. The molecule has 0 spiro atoms. The number of esters is 1. The van der Waals surface area contributed by atoms with Crippen molar-refractivity contribution in [2.45, 2.75) is 51.7 Å². The zero-order valence-corrected chi connectivity index (χ0v) is 16.7. The number of rotatable bonds is 12. The Labute approximate surface area is 166 Å². The monoisotopic (exact) mass is 388 g/mol. The Kier molecular flexibility index (Phi) is 9.49. The lowest BCUT2D eigenvalue weighted by Crippen LogP contribution is -2.25. The molecular weight excluding hydrogens is 359 g/mol. The van der Waals surface area contributed by atoms with Crippen LogP contribution in [0.2, 0.25) is 0 Å². The fourth-order valence-electron chi connectivity index (χ4n) is 2.94. The van der Waals surface area contributed by atoms with Crippen LogP contribution in [-0.2, 0) is 27.3 Å². The molecule has 1 atom stereocenters. The Morgan fingerprint density at radius 1 is 0.964 bits per heavy atom. The molecule has 0 saturated carbocycles. The number of methoxy groups -OCH3 is 1. The lowest BCUT2D eigenvalue weighted by atomic mass is 10.0. The Morgan fingerprint density at radius 2 is 1.64 bits per heavy atom. The number of benzene rings is 2. The van der Waals surface area contributed by atoms with Gasteiger partial charge in [0.05, 0.1) is 7.11 Å². The second-order valence-corrected chi connectivity index (χ2v) is 6.63. The summed E-state index contributed by atoms with van der Waals surface area (Å²) in [6.45, 7) is 2.80. The number of carbonyl (C=O) groups excluding carboxylic acids is 1. The predicted molar refractivity (Wildman–Crippen MR) is 107 cm³/mol. The minimum Gasteiger partial charge on any atom is -0.489 e. The number of hydrogen-bond donors (Lipinski definition) is 0. The molecule has 0 aliphatic rings. The van der Waals surface area contributed by atoms with Crippen LogP contribution in [0, 0.1) is 5.82 Å². The molecule has 28 heavy (non-hydrogen) atoms. The molecule has 0 saturated heterocycles. The minimum atomic E-state index is -0.451. The SMILES string of the molecule is CCOC(CCCCCc1ccc(OCc2ccc(F)cc2)cc1)C(=O)OC. The molecule has 2 rings (SSSR count). The predicted octanol–water partition coefficient (Wildman–Crippen LogP) is 5.09. The van der Waals surface area contributed by atoms with Gasteiger partial charge in [-0.1, -0.05) is 37.1 Å². The van der Waals surface area contributed by atoms with Crippen molar-refractivity contribution < 1.29 is 23.4 Å². The number of halogens is 1. The first kappa shape index (κ1) is 21.9.